The Morgan fingerprint density at radius 3 is 2.05 bits per heavy atom. The van der Waals surface area contributed by atoms with E-state index in [1.807, 2.05) is 26.0 Å². The largest absolute Gasteiger partial charge is 0.240 e. The summed E-state index contributed by atoms with van der Waals surface area (Å²) in [4.78, 5) is 0.670. The first-order chi connectivity index (χ1) is 9.02. The number of alkyl halides is 1. The molecule has 0 heterocycles. The van der Waals surface area contributed by atoms with Crippen LogP contribution in [0.1, 0.15) is 40.2 Å². The van der Waals surface area contributed by atoms with Crippen LogP contribution in [0.15, 0.2) is 29.2 Å². The van der Waals surface area contributed by atoms with Crippen LogP contribution in [-0.4, -0.2) is 19.3 Å². The van der Waals surface area contributed by atoms with Crippen molar-refractivity contribution in [3.63, 3.8) is 0 Å². The second kappa shape index (κ2) is 6.58. The molecule has 0 aliphatic rings. The minimum Gasteiger partial charge on any atom is -0.209 e. The zero-order valence-corrected chi connectivity index (χ0v) is 15.2. The fraction of sp³-hybridized carbons (Fsp3) is 0.600. The van der Waals surface area contributed by atoms with Gasteiger partial charge in [0, 0.05) is 10.9 Å². The molecule has 0 fully saturated rings. The summed E-state index contributed by atoms with van der Waals surface area (Å²) in [6, 6.07) is 7.00. The number of benzene rings is 1. The van der Waals surface area contributed by atoms with Crippen LogP contribution in [0.3, 0.4) is 0 Å². The van der Waals surface area contributed by atoms with Crippen molar-refractivity contribution < 1.29 is 8.42 Å². The normalized spacial score (nSPS) is 14.6. The Morgan fingerprint density at radius 1 is 1.15 bits per heavy atom. The first-order valence-electron chi connectivity index (χ1n) is 6.78. The minimum absolute atomic E-state index is 0.104. The molecule has 0 saturated carbocycles. The fourth-order valence-electron chi connectivity index (χ4n) is 1.70. The highest BCUT2D eigenvalue weighted by Gasteiger charge is 2.22. The summed E-state index contributed by atoms with van der Waals surface area (Å²) in [6.07, 6.45) is 0.876. The smallest absolute Gasteiger partial charge is 0.209 e. The topological polar surface area (TPSA) is 46.2 Å². The van der Waals surface area contributed by atoms with Gasteiger partial charge in [-0.3, -0.25) is 0 Å². The van der Waals surface area contributed by atoms with Gasteiger partial charge in [0.15, 0.2) is 0 Å². The molecule has 1 rings (SSSR count). The number of hydrogen-bond donors (Lipinski definition) is 1. The van der Waals surface area contributed by atoms with Gasteiger partial charge in [-0.05, 0) is 43.4 Å². The van der Waals surface area contributed by atoms with E-state index in [1.165, 1.54) is 0 Å². The van der Waals surface area contributed by atoms with Crippen molar-refractivity contribution in [2.24, 2.45) is 5.41 Å². The van der Waals surface area contributed by atoms with Crippen molar-refractivity contribution >= 4 is 26.0 Å². The van der Waals surface area contributed by atoms with Crippen molar-refractivity contribution in [2.75, 3.05) is 0 Å². The minimum atomic E-state index is -3.39. The van der Waals surface area contributed by atoms with E-state index in [1.54, 1.807) is 12.1 Å². The lowest BCUT2D eigenvalue weighted by Gasteiger charge is -2.25. The Morgan fingerprint density at radius 2 is 1.65 bits per heavy atom. The Bertz CT molecular complexity index is 530. The second-order valence-corrected chi connectivity index (χ2v) is 9.28. The standard InChI is InChI=1S/C15H24BrNO2S/c1-11(2)17-20(18,19)13-8-6-12(7-9-13)10-14(16)15(3,4)5/h6-9,11,14,17H,10H2,1-5H3. The van der Waals surface area contributed by atoms with Gasteiger partial charge < -0.3 is 0 Å². The maximum Gasteiger partial charge on any atom is 0.240 e. The highest BCUT2D eigenvalue weighted by atomic mass is 79.9. The van der Waals surface area contributed by atoms with E-state index in [9.17, 15) is 8.42 Å². The van der Waals surface area contributed by atoms with Crippen molar-refractivity contribution in [3.8, 4) is 0 Å². The summed E-state index contributed by atoms with van der Waals surface area (Å²) < 4.78 is 26.6. The van der Waals surface area contributed by atoms with Gasteiger partial charge in [0.25, 0.3) is 0 Å². The van der Waals surface area contributed by atoms with E-state index in [2.05, 4.69) is 41.4 Å². The maximum atomic E-state index is 12.0. The SMILES string of the molecule is CC(C)NS(=O)(=O)c1ccc(CC(Br)C(C)(C)C)cc1. The highest BCUT2D eigenvalue weighted by Crippen LogP contribution is 2.29. The Kier molecular flexibility index (Phi) is 5.81. The van der Waals surface area contributed by atoms with Gasteiger partial charge in [-0.1, -0.05) is 48.8 Å². The molecular weight excluding hydrogens is 338 g/mol. The average molecular weight is 362 g/mol. The highest BCUT2D eigenvalue weighted by molar-refractivity contribution is 9.09. The molecule has 0 aromatic heterocycles. The first kappa shape index (κ1) is 17.7. The van der Waals surface area contributed by atoms with Gasteiger partial charge >= 0.3 is 0 Å². The van der Waals surface area contributed by atoms with Crippen LogP contribution < -0.4 is 4.72 Å². The third kappa shape index (κ3) is 5.19. The molecule has 1 aromatic carbocycles. The van der Waals surface area contributed by atoms with Gasteiger partial charge in [0.1, 0.15) is 0 Å². The lowest BCUT2D eigenvalue weighted by molar-refractivity contribution is 0.398. The van der Waals surface area contributed by atoms with E-state index in [0.717, 1.165) is 12.0 Å². The quantitative estimate of drug-likeness (QED) is 0.812. The third-order valence-corrected chi connectivity index (χ3v) is 6.35. The zero-order valence-electron chi connectivity index (χ0n) is 12.8. The van der Waals surface area contributed by atoms with E-state index in [0.29, 0.717) is 9.72 Å². The van der Waals surface area contributed by atoms with Crippen LogP contribution in [0.25, 0.3) is 0 Å². The van der Waals surface area contributed by atoms with Crippen molar-refractivity contribution in [1.82, 2.24) is 4.72 Å². The van der Waals surface area contributed by atoms with Crippen LogP contribution in [0.5, 0.6) is 0 Å². The maximum absolute atomic E-state index is 12.0. The van der Waals surface area contributed by atoms with Crippen molar-refractivity contribution in [3.05, 3.63) is 29.8 Å². The van der Waals surface area contributed by atoms with Crippen LogP contribution in [0.2, 0.25) is 0 Å². The number of rotatable bonds is 5. The Labute approximate surface area is 131 Å². The predicted molar refractivity (Wildman–Crippen MR) is 87.8 cm³/mol. The summed E-state index contributed by atoms with van der Waals surface area (Å²) in [6.45, 7) is 10.2. The number of nitrogens with one attached hydrogen (secondary N) is 1. The molecule has 20 heavy (non-hydrogen) atoms. The van der Waals surface area contributed by atoms with Crippen LogP contribution >= 0.6 is 15.9 Å². The number of halogens is 1. The third-order valence-electron chi connectivity index (χ3n) is 2.98. The zero-order chi connectivity index (χ0) is 15.6. The summed E-state index contributed by atoms with van der Waals surface area (Å²) in [5.74, 6) is 0. The number of hydrogen-bond acceptors (Lipinski definition) is 2. The van der Waals surface area contributed by atoms with Gasteiger partial charge in [-0.25, -0.2) is 13.1 Å². The number of sulfonamides is 1. The molecule has 1 N–H and O–H groups in total. The fourth-order valence-corrected chi connectivity index (χ4v) is 3.32. The molecule has 0 aliphatic carbocycles. The molecule has 0 aliphatic heterocycles. The lowest BCUT2D eigenvalue weighted by atomic mass is 9.88. The first-order valence-corrected chi connectivity index (χ1v) is 9.17. The molecular formula is C15H24BrNO2S. The average Bonchev–Trinajstić information content (AvgIpc) is 2.26. The molecule has 1 aromatic rings. The monoisotopic (exact) mass is 361 g/mol. The van der Waals surface area contributed by atoms with Crippen molar-refractivity contribution in [1.29, 1.82) is 0 Å². The molecule has 0 amide bonds. The molecule has 5 heteroatoms. The van der Waals surface area contributed by atoms with E-state index >= 15 is 0 Å². The van der Waals surface area contributed by atoms with Crippen LogP contribution in [0.4, 0.5) is 0 Å². The summed E-state index contributed by atoms with van der Waals surface area (Å²) in [7, 11) is -3.39. The van der Waals surface area contributed by atoms with Crippen LogP contribution in [0, 0.1) is 5.41 Å². The Balaban J connectivity index is 2.85. The van der Waals surface area contributed by atoms with Gasteiger partial charge in [-0.15, -0.1) is 0 Å². The predicted octanol–water partition coefficient (Wildman–Crippen LogP) is 3.73. The second-order valence-electron chi connectivity index (χ2n) is 6.46. The lowest BCUT2D eigenvalue weighted by Crippen LogP contribution is -2.30. The molecule has 0 saturated heterocycles. The molecule has 1 atom stereocenters. The summed E-state index contributed by atoms with van der Waals surface area (Å²) >= 11 is 3.70. The molecule has 0 bridgehead atoms. The van der Waals surface area contributed by atoms with E-state index in [4.69, 9.17) is 0 Å². The molecule has 0 spiro atoms. The van der Waals surface area contributed by atoms with Gasteiger partial charge in [0.2, 0.25) is 10.0 Å². The van der Waals surface area contributed by atoms with Gasteiger partial charge in [-0.2, -0.15) is 0 Å². The van der Waals surface area contributed by atoms with Crippen LogP contribution in [-0.2, 0) is 16.4 Å². The molecule has 0 radical (unpaired) electrons. The summed E-state index contributed by atoms with van der Waals surface area (Å²) in [5, 5.41) is 0. The summed E-state index contributed by atoms with van der Waals surface area (Å²) in [5.41, 5.74) is 1.30. The molecule has 3 nitrogen and oxygen atoms in total. The Hall–Kier alpha value is -0.390. The van der Waals surface area contributed by atoms with E-state index in [-0.39, 0.29) is 11.5 Å². The van der Waals surface area contributed by atoms with E-state index < -0.39 is 10.0 Å². The van der Waals surface area contributed by atoms with Gasteiger partial charge in [0.05, 0.1) is 4.90 Å². The van der Waals surface area contributed by atoms with Crippen molar-refractivity contribution in [2.45, 2.75) is 56.8 Å². The molecule has 1 unspecified atom stereocenters. The molecule has 114 valence electrons.